The van der Waals surface area contributed by atoms with Crippen LogP contribution in [0.2, 0.25) is 0 Å². The van der Waals surface area contributed by atoms with Crippen molar-refractivity contribution in [2.45, 2.75) is 37.5 Å². The van der Waals surface area contributed by atoms with Crippen LogP contribution in [0.25, 0.3) is 0 Å². The molecule has 1 aliphatic rings. The summed E-state index contributed by atoms with van der Waals surface area (Å²) in [6.07, 6.45) is 4.18. The van der Waals surface area contributed by atoms with Gasteiger partial charge in [0.05, 0.1) is 0 Å². The molecule has 0 bridgehead atoms. The molecular formula is C19H21NO2S. The highest BCUT2D eigenvalue weighted by Crippen LogP contribution is 2.32. The van der Waals surface area contributed by atoms with Crippen LogP contribution in [0.1, 0.15) is 30.4 Å². The number of amides is 1. The molecule has 0 aliphatic carbocycles. The predicted octanol–water partition coefficient (Wildman–Crippen LogP) is 4.23. The number of anilines is 1. The Morgan fingerprint density at radius 2 is 1.91 bits per heavy atom. The molecule has 0 spiro atoms. The van der Waals surface area contributed by atoms with Gasteiger partial charge in [0.2, 0.25) is 5.91 Å². The Hall–Kier alpha value is -1.94. The van der Waals surface area contributed by atoms with Crippen LogP contribution >= 0.6 is 12.6 Å². The number of thiol groups is 1. The molecule has 0 fully saturated rings. The molecule has 4 heteroatoms. The first-order valence-corrected chi connectivity index (χ1v) is 8.54. The molecule has 1 N–H and O–H groups in total. The maximum absolute atomic E-state index is 11.5. The highest BCUT2D eigenvalue weighted by Gasteiger charge is 2.19. The minimum atomic E-state index is -0.136. The van der Waals surface area contributed by atoms with Crippen molar-refractivity contribution in [1.29, 1.82) is 0 Å². The van der Waals surface area contributed by atoms with Crippen LogP contribution in [0.4, 0.5) is 5.69 Å². The van der Waals surface area contributed by atoms with Crippen molar-refractivity contribution >= 4 is 24.2 Å². The fourth-order valence-corrected chi connectivity index (χ4v) is 3.13. The van der Waals surface area contributed by atoms with Crippen LogP contribution in [0.5, 0.6) is 5.75 Å². The van der Waals surface area contributed by atoms with Gasteiger partial charge >= 0.3 is 0 Å². The van der Waals surface area contributed by atoms with E-state index in [0.717, 1.165) is 42.7 Å². The summed E-state index contributed by atoms with van der Waals surface area (Å²) >= 11 is 4.56. The first-order valence-electron chi connectivity index (χ1n) is 8.03. The summed E-state index contributed by atoms with van der Waals surface area (Å²) in [7, 11) is 0. The molecule has 3 rings (SSSR count). The number of fused-ring (bicyclic) bond motifs is 1. The van der Waals surface area contributed by atoms with Gasteiger partial charge in [0.25, 0.3) is 0 Å². The Balaban J connectivity index is 1.55. The summed E-state index contributed by atoms with van der Waals surface area (Å²) in [6.45, 7) is 0. The topological polar surface area (TPSA) is 38.3 Å². The van der Waals surface area contributed by atoms with E-state index in [4.69, 9.17) is 4.74 Å². The van der Waals surface area contributed by atoms with Gasteiger partial charge in [-0.15, -0.1) is 12.6 Å². The van der Waals surface area contributed by atoms with Crippen LogP contribution in [-0.4, -0.2) is 11.3 Å². The zero-order valence-electron chi connectivity index (χ0n) is 13.0. The molecule has 1 amide bonds. The van der Waals surface area contributed by atoms with Crippen LogP contribution < -0.4 is 10.1 Å². The van der Waals surface area contributed by atoms with Crippen molar-refractivity contribution in [3.63, 3.8) is 0 Å². The number of rotatable bonds is 6. The molecule has 1 atom stereocenters. The van der Waals surface area contributed by atoms with Crippen LogP contribution in [0.3, 0.4) is 0 Å². The van der Waals surface area contributed by atoms with Crippen LogP contribution in [0, 0.1) is 0 Å². The first-order chi connectivity index (χ1) is 11.2. The number of carbonyl (C=O) groups excluding carboxylic acids is 1. The Morgan fingerprint density at radius 1 is 1.09 bits per heavy atom. The number of hydrogen-bond acceptors (Lipinski definition) is 3. The van der Waals surface area contributed by atoms with E-state index >= 15 is 0 Å². The summed E-state index contributed by atoms with van der Waals surface area (Å²) in [5.41, 5.74) is 3.15. The zero-order valence-corrected chi connectivity index (χ0v) is 13.9. The van der Waals surface area contributed by atoms with Crippen molar-refractivity contribution in [3.8, 4) is 5.75 Å². The van der Waals surface area contributed by atoms with Gasteiger partial charge in [0.1, 0.15) is 11.2 Å². The third-order valence-corrected chi connectivity index (χ3v) is 4.40. The van der Waals surface area contributed by atoms with Gasteiger partial charge in [-0.1, -0.05) is 36.4 Å². The lowest BCUT2D eigenvalue weighted by Gasteiger charge is -2.22. The van der Waals surface area contributed by atoms with Gasteiger partial charge < -0.3 is 10.1 Å². The third kappa shape index (κ3) is 4.29. The van der Waals surface area contributed by atoms with Crippen molar-refractivity contribution < 1.29 is 9.53 Å². The molecule has 2 aromatic rings. The molecule has 0 saturated carbocycles. The number of ether oxygens (including phenoxy) is 1. The summed E-state index contributed by atoms with van der Waals surface area (Å²) < 4.78 is 6.00. The molecule has 1 heterocycles. The second-order valence-electron chi connectivity index (χ2n) is 5.78. The summed E-state index contributed by atoms with van der Waals surface area (Å²) in [5, 5.41) is 2.89. The maximum atomic E-state index is 11.5. The van der Waals surface area contributed by atoms with E-state index in [1.165, 1.54) is 5.56 Å². The van der Waals surface area contributed by atoms with Crippen molar-refractivity contribution in [1.82, 2.24) is 0 Å². The van der Waals surface area contributed by atoms with E-state index in [0.29, 0.717) is 6.42 Å². The van der Waals surface area contributed by atoms with Gasteiger partial charge in [0, 0.05) is 17.7 Å². The highest BCUT2D eigenvalue weighted by molar-refractivity contribution is 7.80. The summed E-state index contributed by atoms with van der Waals surface area (Å²) in [6, 6.07) is 16.2. The van der Waals surface area contributed by atoms with E-state index in [1.807, 2.05) is 24.3 Å². The highest BCUT2D eigenvalue weighted by atomic mass is 32.1. The van der Waals surface area contributed by atoms with Gasteiger partial charge in [0.15, 0.2) is 0 Å². The molecule has 0 saturated heterocycles. The van der Waals surface area contributed by atoms with Crippen LogP contribution in [0.15, 0.2) is 48.5 Å². The Kier molecular flexibility index (Phi) is 5.23. The SMILES string of the molecule is O=C1CCc2c(cccc2OC(S)CCCc2ccccc2)N1. The monoisotopic (exact) mass is 327 g/mol. The van der Waals surface area contributed by atoms with E-state index < -0.39 is 0 Å². The number of aryl methyl sites for hydroxylation is 1. The average Bonchev–Trinajstić information content (AvgIpc) is 2.56. The van der Waals surface area contributed by atoms with Crippen molar-refractivity contribution in [2.75, 3.05) is 5.32 Å². The van der Waals surface area contributed by atoms with Gasteiger partial charge in [-0.3, -0.25) is 4.79 Å². The first kappa shape index (κ1) is 15.9. The minimum Gasteiger partial charge on any atom is -0.480 e. The van der Waals surface area contributed by atoms with Gasteiger partial charge in [-0.25, -0.2) is 0 Å². The van der Waals surface area contributed by atoms with Gasteiger partial charge in [-0.05, 0) is 43.4 Å². The molecule has 1 aliphatic heterocycles. The average molecular weight is 327 g/mol. The lowest BCUT2D eigenvalue weighted by molar-refractivity contribution is -0.116. The zero-order chi connectivity index (χ0) is 16.1. The van der Waals surface area contributed by atoms with E-state index in [-0.39, 0.29) is 11.3 Å². The molecule has 0 radical (unpaired) electrons. The predicted molar refractivity (Wildman–Crippen MR) is 96.2 cm³/mol. The maximum Gasteiger partial charge on any atom is 0.224 e. The Bertz CT molecular complexity index is 672. The fraction of sp³-hybridized carbons (Fsp3) is 0.316. The normalized spacial score (nSPS) is 14.7. The molecule has 120 valence electrons. The summed E-state index contributed by atoms with van der Waals surface area (Å²) in [5.74, 6) is 0.905. The largest absolute Gasteiger partial charge is 0.480 e. The second-order valence-corrected chi connectivity index (χ2v) is 6.36. The van der Waals surface area contributed by atoms with Crippen molar-refractivity contribution in [3.05, 3.63) is 59.7 Å². The number of carbonyl (C=O) groups is 1. The molecule has 3 nitrogen and oxygen atoms in total. The quantitative estimate of drug-likeness (QED) is 0.615. The van der Waals surface area contributed by atoms with E-state index in [1.54, 1.807) is 0 Å². The number of nitrogens with one attached hydrogen (secondary N) is 1. The minimum absolute atomic E-state index is 0.0694. The van der Waals surface area contributed by atoms with Gasteiger partial charge in [-0.2, -0.15) is 0 Å². The Morgan fingerprint density at radius 3 is 2.74 bits per heavy atom. The van der Waals surface area contributed by atoms with Crippen molar-refractivity contribution in [2.24, 2.45) is 0 Å². The lowest BCUT2D eigenvalue weighted by atomic mass is 10.0. The molecule has 23 heavy (non-hydrogen) atoms. The third-order valence-electron chi connectivity index (χ3n) is 4.03. The molecular weight excluding hydrogens is 306 g/mol. The lowest BCUT2D eigenvalue weighted by Crippen LogP contribution is -2.20. The molecule has 2 aromatic carbocycles. The Labute approximate surface area is 142 Å². The smallest absolute Gasteiger partial charge is 0.224 e. The molecule has 0 aromatic heterocycles. The van der Waals surface area contributed by atoms with Crippen LogP contribution in [-0.2, 0) is 17.6 Å². The second kappa shape index (κ2) is 7.55. The fourth-order valence-electron chi connectivity index (χ4n) is 2.83. The van der Waals surface area contributed by atoms with E-state index in [2.05, 4.69) is 42.2 Å². The number of benzene rings is 2. The van der Waals surface area contributed by atoms with E-state index in [9.17, 15) is 4.79 Å². The molecule has 1 unspecified atom stereocenters. The summed E-state index contributed by atoms with van der Waals surface area (Å²) in [4.78, 5) is 11.5. The number of hydrogen-bond donors (Lipinski definition) is 2. The standard InChI is InChI=1S/C19H21NO2S/c21-18-13-12-15-16(20-18)9-5-10-17(15)22-19(23)11-4-8-14-6-2-1-3-7-14/h1-3,5-7,9-10,19,23H,4,8,11-13H2,(H,20,21).